The molecule has 20 heavy (non-hydrogen) atoms. The van der Waals surface area contributed by atoms with Gasteiger partial charge < -0.3 is 11.1 Å². The number of nitrogens with zero attached hydrogens (tertiary/aromatic N) is 1. The molecule has 0 aromatic heterocycles. The summed E-state index contributed by atoms with van der Waals surface area (Å²) in [5.74, 6) is -0.484. The maximum atomic E-state index is 12.0. The topological polar surface area (TPSA) is 98.3 Å². The van der Waals surface area contributed by atoms with Gasteiger partial charge in [-0.1, -0.05) is 17.7 Å². The van der Waals surface area contributed by atoms with Crippen LogP contribution in [0.25, 0.3) is 0 Å². The van der Waals surface area contributed by atoms with E-state index >= 15 is 0 Å². The molecule has 0 fully saturated rings. The van der Waals surface area contributed by atoms with Crippen molar-refractivity contribution in [1.82, 2.24) is 0 Å². The molecule has 0 bridgehead atoms. The molecule has 1 amide bonds. The van der Waals surface area contributed by atoms with Crippen LogP contribution in [0.15, 0.2) is 42.5 Å². The fourth-order valence-electron chi connectivity index (χ4n) is 1.64. The van der Waals surface area contributed by atoms with Gasteiger partial charge in [0.25, 0.3) is 11.6 Å². The molecule has 2 aromatic rings. The van der Waals surface area contributed by atoms with Crippen molar-refractivity contribution < 1.29 is 9.72 Å². The number of anilines is 2. The van der Waals surface area contributed by atoms with Crippen molar-refractivity contribution in [2.45, 2.75) is 0 Å². The Bertz CT molecular complexity index is 688. The Morgan fingerprint density at radius 1 is 1.25 bits per heavy atom. The lowest BCUT2D eigenvalue weighted by Crippen LogP contribution is -2.13. The van der Waals surface area contributed by atoms with Crippen LogP contribution >= 0.6 is 11.6 Å². The lowest BCUT2D eigenvalue weighted by Gasteiger charge is -2.06. The van der Waals surface area contributed by atoms with Crippen LogP contribution in [0.5, 0.6) is 0 Å². The van der Waals surface area contributed by atoms with E-state index in [2.05, 4.69) is 5.32 Å². The zero-order chi connectivity index (χ0) is 14.7. The summed E-state index contributed by atoms with van der Waals surface area (Å²) in [4.78, 5) is 22.3. The van der Waals surface area contributed by atoms with Gasteiger partial charge >= 0.3 is 0 Å². The van der Waals surface area contributed by atoms with Gasteiger partial charge in [-0.25, -0.2) is 0 Å². The summed E-state index contributed by atoms with van der Waals surface area (Å²) < 4.78 is 0. The first-order valence-corrected chi connectivity index (χ1v) is 5.96. The average Bonchev–Trinajstić information content (AvgIpc) is 2.40. The normalized spacial score (nSPS) is 10.1. The molecule has 0 unspecified atom stereocenters. The van der Waals surface area contributed by atoms with Crippen LogP contribution in [0, 0.1) is 10.1 Å². The van der Waals surface area contributed by atoms with Crippen molar-refractivity contribution in [3.63, 3.8) is 0 Å². The summed E-state index contributed by atoms with van der Waals surface area (Å²) >= 11 is 5.70. The van der Waals surface area contributed by atoms with Gasteiger partial charge in [0.1, 0.15) is 5.69 Å². The molecule has 3 N–H and O–H groups in total. The second-order valence-corrected chi connectivity index (χ2v) is 4.43. The molecule has 6 nitrogen and oxygen atoms in total. The van der Waals surface area contributed by atoms with Crippen molar-refractivity contribution in [3.05, 3.63) is 63.2 Å². The molecule has 0 aliphatic rings. The first-order chi connectivity index (χ1) is 9.47. The number of rotatable bonds is 3. The van der Waals surface area contributed by atoms with E-state index in [1.165, 1.54) is 24.3 Å². The number of halogens is 1. The van der Waals surface area contributed by atoms with Gasteiger partial charge in [-0.2, -0.15) is 0 Å². The zero-order valence-electron chi connectivity index (χ0n) is 10.2. The van der Waals surface area contributed by atoms with Gasteiger partial charge in [-0.3, -0.25) is 14.9 Å². The molecular formula is C13H10ClN3O3. The molecule has 0 aliphatic heterocycles. The molecule has 0 radical (unpaired) electrons. The first kappa shape index (κ1) is 13.8. The SMILES string of the molecule is Nc1cccc(C(=O)Nc2ccc(Cl)cc2[N+](=O)[O-])c1. The van der Waals surface area contributed by atoms with Gasteiger partial charge in [0.05, 0.1) is 4.92 Å². The highest BCUT2D eigenvalue weighted by Crippen LogP contribution is 2.28. The van der Waals surface area contributed by atoms with E-state index in [9.17, 15) is 14.9 Å². The monoisotopic (exact) mass is 291 g/mol. The van der Waals surface area contributed by atoms with E-state index in [0.29, 0.717) is 11.3 Å². The fourth-order valence-corrected chi connectivity index (χ4v) is 1.80. The lowest BCUT2D eigenvalue weighted by molar-refractivity contribution is -0.383. The molecule has 2 aromatic carbocycles. The van der Waals surface area contributed by atoms with E-state index in [1.807, 2.05) is 0 Å². The number of amides is 1. The second-order valence-electron chi connectivity index (χ2n) is 4.00. The van der Waals surface area contributed by atoms with Gasteiger partial charge in [0, 0.05) is 22.3 Å². The minimum atomic E-state index is -0.610. The van der Waals surface area contributed by atoms with E-state index in [-0.39, 0.29) is 16.4 Å². The Balaban J connectivity index is 2.30. The minimum absolute atomic E-state index is 0.0758. The van der Waals surface area contributed by atoms with Gasteiger partial charge in [0.2, 0.25) is 0 Å². The largest absolute Gasteiger partial charge is 0.399 e. The molecule has 0 saturated heterocycles. The summed E-state index contributed by atoms with van der Waals surface area (Å²) in [5.41, 5.74) is 6.14. The number of nitrogen functional groups attached to an aromatic ring is 1. The number of nitrogens with one attached hydrogen (secondary N) is 1. The summed E-state index contributed by atoms with van der Waals surface area (Å²) in [6, 6.07) is 10.3. The molecule has 7 heteroatoms. The second kappa shape index (κ2) is 5.58. The molecule has 102 valence electrons. The van der Waals surface area contributed by atoms with E-state index in [4.69, 9.17) is 17.3 Å². The maximum Gasteiger partial charge on any atom is 0.294 e. The van der Waals surface area contributed by atoms with Gasteiger partial charge in [-0.05, 0) is 30.3 Å². The summed E-state index contributed by atoms with van der Waals surface area (Å²) in [6.07, 6.45) is 0. The average molecular weight is 292 g/mol. The number of nitro benzene ring substituents is 1. The predicted molar refractivity (Wildman–Crippen MR) is 76.9 cm³/mol. The van der Waals surface area contributed by atoms with E-state index < -0.39 is 10.8 Å². The Morgan fingerprint density at radius 3 is 2.65 bits per heavy atom. The Hall–Kier alpha value is -2.60. The van der Waals surface area contributed by atoms with Crippen molar-refractivity contribution in [1.29, 1.82) is 0 Å². The number of nitro groups is 1. The standard InChI is InChI=1S/C13H10ClN3O3/c14-9-4-5-11(12(7-9)17(19)20)16-13(18)8-2-1-3-10(15)6-8/h1-7H,15H2,(H,16,18). The van der Waals surface area contributed by atoms with E-state index in [1.54, 1.807) is 18.2 Å². The molecule has 2 rings (SSSR count). The highest BCUT2D eigenvalue weighted by Gasteiger charge is 2.17. The number of nitrogens with two attached hydrogens (primary N) is 1. The first-order valence-electron chi connectivity index (χ1n) is 5.58. The summed E-state index contributed by atoms with van der Waals surface area (Å²) in [7, 11) is 0. The quantitative estimate of drug-likeness (QED) is 0.516. The Kier molecular flexibility index (Phi) is 3.86. The number of hydrogen-bond acceptors (Lipinski definition) is 4. The zero-order valence-corrected chi connectivity index (χ0v) is 10.9. The van der Waals surface area contributed by atoms with Gasteiger partial charge in [0.15, 0.2) is 0 Å². The molecule has 0 saturated carbocycles. The summed E-state index contributed by atoms with van der Waals surface area (Å²) in [6.45, 7) is 0. The number of carbonyl (C=O) groups is 1. The third-order valence-corrected chi connectivity index (χ3v) is 2.79. The minimum Gasteiger partial charge on any atom is -0.399 e. The molecule has 0 atom stereocenters. The maximum absolute atomic E-state index is 12.0. The van der Waals surface area contributed by atoms with Crippen molar-refractivity contribution in [3.8, 4) is 0 Å². The smallest absolute Gasteiger partial charge is 0.294 e. The molecule has 0 aliphatic carbocycles. The van der Waals surface area contributed by atoms with Crippen LogP contribution in [0.4, 0.5) is 17.1 Å². The Morgan fingerprint density at radius 2 is 2.00 bits per heavy atom. The molecule has 0 spiro atoms. The molecular weight excluding hydrogens is 282 g/mol. The third-order valence-electron chi connectivity index (χ3n) is 2.55. The van der Waals surface area contributed by atoms with Crippen LogP contribution in [-0.4, -0.2) is 10.8 Å². The van der Waals surface area contributed by atoms with Crippen LogP contribution in [0.2, 0.25) is 5.02 Å². The fraction of sp³-hybridized carbons (Fsp3) is 0. The van der Waals surface area contributed by atoms with Crippen LogP contribution in [-0.2, 0) is 0 Å². The number of hydrogen-bond donors (Lipinski definition) is 2. The van der Waals surface area contributed by atoms with Crippen molar-refractivity contribution >= 4 is 34.6 Å². The Labute approximate surface area is 119 Å². The highest BCUT2D eigenvalue weighted by atomic mass is 35.5. The molecule has 0 heterocycles. The van der Waals surface area contributed by atoms with E-state index in [0.717, 1.165) is 0 Å². The van der Waals surface area contributed by atoms with Crippen LogP contribution < -0.4 is 11.1 Å². The third kappa shape index (κ3) is 3.04. The number of benzene rings is 2. The predicted octanol–water partition coefficient (Wildman–Crippen LogP) is 3.08. The van der Waals surface area contributed by atoms with Gasteiger partial charge in [-0.15, -0.1) is 0 Å². The lowest BCUT2D eigenvalue weighted by atomic mass is 10.2. The van der Waals surface area contributed by atoms with Crippen LogP contribution in [0.3, 0.4) is 0 Å². The van der Waals surface area contributed by atoms with Crippen molar-refractivity contribution in [2.75, 3.05) is 11.1 Å². The number of carbonyl (C=O) groups excluding carboxylic acids is 1. The highest BCUT2D eigenvalue weighted by molar-refractivity contribution is 6.31. The summed E-state index contributed by atoms with van der Waals surface area (Å²) in [5, 5.41) is 13.6. The van der Waals surface area contributed by atoms with Crippen LogP contribution in [0.1, 0.15) is 10.4 Å². The van der Waals surface area contributed by atoms with Crippen molar-refractivity contribution in [2.24, 2.45) is 0 Å².